The van der Waals surface area contributed by atoms with E-state index in [1.807, 2.05) is 0 Å². The highest BCUT2D eigenvalue weighted by Crippen LogP contribution is 2.21. The van der Waals surface area contributed by atoms with Gasteiger partial charge in [-0.15, -0.1) is 12.6 Å². The van der Waals surface area contributed by atoms with E-state index in [1.54, 1.807) is 0 Å². The van der Waals surface area contributed by atoms with Crippen LogP contribution in [0.5, 0.6) is 0 Å². The van der Waals surface area contributed by atoms with Crippen molar-refractivity contribution >= 4 is 18.5 Å². The molecule has 1 aromatic carbocycles. The summed E-state index contributed by atoms with van der Waals surface area (Å²) in [5.74, 6) is -1.44. The van der Waals surface area contributed by atoms with Crippen LogP contribution in [0.3, 0.4) is 0 Å². The molecule has 0 bridgehead atoms. The summed E-state index contributed by atoms with van der Waals surface area (Å²) in [6, 6.07) is 2.64. The number of hydrogen-bond acceptors (Lipinski definition) is 2. The Balaban J connectivity index is 3.02. The number of benzene rings is 1. The lowest BCUT2D eigenvalue weighted by Gasteiger charge is -2.27. The molecule has 0 atom stereocenters. The first-order chi connectivity index (χ1) is 8.61. The molecule has 0 aliphatic heterocycles. The topological polar surface area (TPSA) is 20.3 Å². The number of carbonyl (C=O) groups is 1. The fourth-order valence-corrected chi connectivity index (χ4v) is 1.71. The van der Waals surface area contributed by atoms with Crippen molar-refractivity contribution in [2.45, 2.75) is 31.0 Å². The van der Waals surface area contributed by atoms with Crippen molar-refractivity contribution < 1.29 is 22.4 Å². The van der Waals surface area contributed by atoms with Crippen molar-refractivity contribution in [2.75, 3.05) is 6.54 Å². The van der Waals surface area contributed by atoms with Gasteiger partial charge in [0.2, 0.25) is 0 Å². The second-order valence-electron chi connectivity index (χ2n) is 4.31. The third kappa shape index (κ3) is 4.41. The Kier molecular flexibility index (Phi) is 4.84. The van der Waals surface area contributed by atoms with Crippen LogP contribution in [0.1, 0.15) is 24.2 Å². The molecule has 0 saturated carbocycles. The van der Waals surface area contributed by atoms with Crippen molar-refractivity contribution in [2.24, 2.45) is 0 Å². The van der Waals surface area contributed by atoms with Crippen LogP contribution < -0.4 is 0 Å². The van der Waals surface area contributed by atoms with E-state index in [4.69, 9.17) is 0 Å². The molecule has 0 unspecified atom stereocenters. The van der Waals surface area contributed by atoms with Crippen LogP contribution in [-0.4, -0.2) is 29.6 Å². The zero-order valence-corrected chi connectivity index (χ0v) is 11.2. The van der Waals surface area contributed by atoms with Crippen LogP contribution in [0.25, 0.3) is 0 Å². The smallest absolute Gasteiger partial charge is 0.327 e. The van der Waals surface area contributed by atoms with Gasteiger partial charge in [-0.3, -0.25) is 4.79 Å². The summed E-state index contributed by atoms with van der Waals surface area (Å²) in [5, 5.41) is 0. The third-order valence-corrected chi connectivity index (χ3v) is 2.77. The van der Waals surface area contributed by atoms with Crippen LogP contribution in [0.2, 0.25) is 0 Å². The van der Waals surface area contributed by atoms with Crippen LogP contribution in [0.4, 0.5) is 17.6 Å². The number of amides is 1. The lowest BCUT2D eigenvalue weighted by atomic mass is 10.1. The van der Waals surface area contributed by atoms with E-state index in [1.165, 1.54) is 13.8 Å². The minimum Gasteiger partial charge on any atom is -0.327 e. The Bertz CT molecular complexity index is 473. The molecule has 106 valence electrons. The maximum absolute atomic E-state index is 13.0. The summed E-state index contributed by atoms with van der Waals surface area (Å²) in [6.07, 6.45) is -4.48. The number of halogens is 4. The fraction of sp³-hybridized carbons (Fsp3) is 0.417. The number of rotatable bonds is 3. The maximum atomic E-state index is 13.0. The minimum absolute atomic E-state index is 0.0237. The molecule has 0 heterocycles. The monoisotopic (exact) mass is 295 g/mol. The molecule has 0 spiro atoms. The van der Waals surface area contributed by atoms with Crippen molar-refractivity contribution in [1.82, 2.24) is 4.90 Å². The number of carbonyl (C=O) groups excluding carboxylic acids is 1. The molecule has 0 N–H and O–H groups in total. The lowest BCUT2D eigenvalue weighted by Crippen LogP contribution is -2.43. The van der Waals surface area contributed by atoms with Gasteiger partial charge in [0, 0.05) is 16.5 Å². The predicted molar refractivity (Wildman–Crippen MR) is 65.9 cm³/mol. The molecule has 7 heteroatoms. The SMILES string of the molecule is CC(C)N(CC(F)(F)F)C(=O)c1ccc(F)c(S)c1. The average molecular weight is 295 g/mol. The van der Waals surface area contributed by atoms with Crippen molar-refractivity contribution in [3.63, 3.8) is 0 Å². The van der Waals surface area contributed by atoms with Crippen LogP contribution in [-0.2, 0) is 0 Å². The molecule has 1 rings (SSSR count). The Hall–Kier alpha value is -1.24. The highest BCUT2D eigenvalue weighted by molar-refractivity contribution is 7.80. The van der Waals surface area contributed by atoms with E-state index in [0.717, 1.165) is 18.2 Å². The summed E-state index contributed by atoms with van der Waals surface area (Å²) in [4.78, 5) is 12.6. The van der Waals surface area contributed by atoms with Gasteiger partial charge in [-0.25, -0.2) is 4.39 Å². The Morgan fingerprint density at radius 2 is 1.95 bits per heavy atom. The molecule has 0 saturated heterocycles. The summed E-state index contributed by atoms with van der Waals surface area (Å²) in [6.45, 7) is 1.62. The van der Waals surface area contributed by atoms with Crippen molar-refractivity contribution in [3.05, 3.63) is 29.6 Å². The van der Waals surface area contributed by atoms with Crippen molar-refractivity contribution in [1.29, 1.82) is 0 Å². The zero-order chi connectivity index (χ0) is 14.8. The molecule has 1 amide bonds. The van der Waals surface area contributed by atoms with Gasteiger partial charge < -0.3 is 4.90 Å². The second kappa shape index (κ2) is 5.81. The number of alkyl halides is 3. The van der Waals surface area contributed by atoms with E-state index in [9.17, 15) is 22.4 Å². The summed E-state index contributed by atoms with van der Waals surface area (Å²) in [7, 11) is 0. The summed E-state index contributed by atoms with van der Waals surface area (Å²) in [5.41, 5.74) is -0.0237. The molecule has 1 aromatic rings. The highest BCUT2D eigenvalue weighted by atomic mass is 32.1. The Labute approximate surface area is 113 Å². The standard InChI is InChI=1S/C12H13F4NOS/c1-7(2)17(6-12(14,15)16)11(18)8-3-4-9(13)10(19)5-8/h3-5,7,19H,6H2,1-2H3. The molecule has 2 nitrogen and oxygen atoms in total. The Morgan fingerprint density at radius 1 is 1.37 bits per heavy atom. The van der Waals surface area contributed by atoms with Crippen LogP contribution in [0, 0.1) is 5.82 Å². The molecular weight excluding hydrogens is 282 g/mol. The maximum Gasteiger partial charge on any atom is 0.406 e. The highest BCUT2D eigenvalue weighted by Gasteiger charge is 2.34. The summed E-state index contributed by atoms with van der Waals surface area (Å²) < 4.78 is 50.3. The second-order valence-corrected chi connectivity index (χ2v) is 4.79. The van der Waals surface area contributed by atoms with Gasteiger partial charge in [-0.05, 0) is 32.0 Å². The zero-order valence-electron chi connectivity index (χ0n) is 10.3. The van der Waals surface area contributed by atoms with Gasteiger partial charge >= 0.3 is 6.18 Å². The normalized spacial score (nSPS) is 11.8. The van der Waals surface area contributed by atoms with E-state index in [0.29, 0.717) is 4.90 Å². The molecule has 0 radical (unpaired) electrons. The summed E-state index contributed by atoms with van der Waals surface area (Å²) >= 11 is 3.80. The minimum atomic E-state index is -4.48. The first-order valence-electron chi connectivity index (χ1n) is 5.48. The van der Waals surface area contributed by atoms with E-state index in [2.05, 4.69) is 12.6 Å². The molecule has 19 heavy (non-hydrogen) atoms. The first-order valence-corrected chi connectivity index (χ1v) is 5.93. The lowest BCUT2D eigenvalue weighted by molar-refractivity contribution is -0.143. The Morgan fingerprint density at radius 3 is 2.37 bits per heavy atom. The van der Waals surface area contributed by atoms with Crippen LogP contribution in [0.15, 0.2) is 23.1 Å². The largest absolute Gasteiger partial charge is 0.406 e. The number of thiol groups is 1. The molecular formula is C12H13F4NOS. The average Bonchev–Trinajstić information content (AvgIpc) is 2.27. The van der Waals surface area contributed by atoms with Gasteiger partial charge in [0.15, 0.2) is 0 Å². The molecule has 0 fully saturated rings. The number of nitrogens with zero attached hydrogens (tertiary/aromatic N) is 1. The van der Waals surface area contributed by atoms with E-state index in [-0.39, 0.29) is 10.5 Å². The number of hydrogen-bond donors (Lipinski definition) is 1. The molecule has 0 aliphatic rings. The third-order valence-electron chi connectivity index (χ3n) is 2.43. The van der Waals surface area contributed by atoms with Gasteiger partial charge in [0.25, 0.3) is 5.91 Å². The van der Waals surface area contributed by atoms with Crippen molar-refractivity contribution in [3.8, 4) is 0 Å². The molecule has 0 aliphatic carbocycles. The van der Waals surface area contributed by atoms with Gasteiger partial charge in [0.1, 0.15) is 12.4 Å². The van der Waals surface area contributed by atoms with Gasteiger partial charge in [-0.1, -0.05) is 0 Å². The van der Waals surface area contributed by atoms with Gasteiger partial charge in [0.05, 0.1) is 0 Å². The predicted octanol–water partition coefficient (Wildman–Crippen LogP) is 3.53. The fourth-order valence-electron chi connectivity index (χ4n) is 1.49. The van der Waals surface area contributed by atoms with E-state index >= 15 is 0 Å². The first kappa shape index (κ1) is 15.8. The quantitative estimate of drug-likeness (QED) is 0.668. The van der Waals surface area contributed by atoms with Crippen LogP contribution >= 0.6 is 12.6 Å². The molecule has 0 aromatic heterocycles. The van der Waals surface area contributed by atoms with Gasteiger partial charge in [-0.2, -0.15) is 13.2 Å². The van der Waals surface area contributed by atoms with E-state index < -0.39 is 30.5 Å².